The second-order valence-corrected chi connectivity index (χ2v) is 8.21. The molecule has 1 aromatic rings. The zero-order chi connectivity index (χ0) is 12.5. The molecule has 2 N–H and O–H groups in total. The first-order valence-corrected chi connectivity index (χ1v) is 7.86. The lowest BCUT2D eigenvalue weighted by atomic mass is 9.93. The Bertz CT molecular complexity index is 375. The first kappa shape index (κ1) is 13.4. The molecule has 0 aromatic carbocycles. The van der Waals surface area contributed by atoms with E-state index in [1.54, 1.807) is 0 Å². The van der Waals surface area contributed by atoms with E-state index in [1.807, 2.05) is 23.1 Å². The van der Waals surface area contributed by atoms with Crippen molar-refractivity contribution in [1.82, 2.24) is 5.32 Å². The zero-order valence-corrected chi connectivity index (χ0v) is 12.3. The van der Waals surface area contributed by atoms with Crippen LogP contribution < -0.4 is 5.32 Å². The molecule has 0 saturated carbocycles. The largest absolute Gasteiger partial charge is 0.396 e. The van der Waals surface area contributed by atoms with Crippen molar-refractivity contribution >= 4 is 23.1 Å². The van der Waals surface area contributed by atoms with Crippen LogP contribution in [0.15, 0.2) is 15.7 Å². The van der Waals surface area contributed by atoms with Crippen molar-refractivity contribution in [3.05, 3.63) is 17.0 Å². The Morgan fingerprint density at radius 1 is 1.53 bits per heavy atom. The number of fused-ring (bicyclic) bond motifs is 1. The van der Waals surface area contributed by atoms with Crippen LogP contribution in [-0.2, 0) is 0 Å². The fourth-order valence-electron chi connectivity index (χ4n) is 2.00. The molecule has 1 unspecified atom stereocenters. The minimum absolute atomic E-state index is 0.0377. The van der Waals surface area contributed by atoms with Crippen molar-refractivity contribution < 1.29 is 5.11 Å². The highest BCUT2D eigenvalue weighted by molar-refractivity contribution is 8.01. The average Bonchev–Trinajstić information content (AvgIpc) is 2.73. The van der Waals surface area contributed by atoms with Gasteiger partial charge in [0.2, 0.25) is 0 Å². The summed E-state index contributed by atoms with van der Waals surface area (Å²) < 4.78 is 1.46. The molecule has 2 heterocycles. The number of hydrogen-bond donors (Lipinski definition) is 2. The molecule has 1 aromatic heterocycles. The van der Waals surface area contributed by atoms with Crippen LogP contribution in [0.25, 0.3) is 0 Å². The zero-order valence-electron chi connectivity index (χ0n) is 10.7. The van der Waals surface area contributed by atoms with Gasteiger partial charge in [-0.3, -0.25) is 0 Å². The predicted octanol–water partition coefficient (Wildman–Crippen LogP) is 3.28. The molecule has 1 aliphatic rings. The summed E-state index contributed by atoms with van der Waals surface area (Å²) in [7, 11) is 0. The van der Waals surface area contributed by atoms with E-state index in [0.29, 0.717) is 11.3 Å². The standard InChI is InChI=1S/C13H21NOS2/c1-9-6-11(14-7-13(2,3)8-15)10-4-5-16-12(10)17-9/h4-5,9,11,14-15H,6-8H2,1-3H3/t9-,11?/m0/s1. The van der Waals surface area contributed by atoms with Crippen LogP contribution in [0.5, 0.6) is 0 Å². The van der Waals surface area contributed by atoms with E-state index in [9.17, 15) is 5.11 Å². The van der Waals surface area contributed by atoms with Crippen LogP contribution >= 0.6 is 23.1 Å². The normalized spacial score (nSPS) is 24.7. The number of rotatable bonds is 4. The van der Waals surface area contributed by atoms with Crippen molar-refractivity contribution in [2.24, 2.45) is 5.41 Å². The molecule has 0 saturated heterocycles. The average molecular weight is 271 g/mol. The predicted molar refractivity (Wildman–Crippen MR) is 75.9 cm³/mol. The summed E-state index contributed by atoms with van der Waals surface area (Å²) >= 11 is 3.84. The molecular weight excluding hydrogens is 250 g/mol. The van der Waals surface area contributed by atoms with E-state index >= 15 is 0 Å². The van der Waals surface area contributed by atoms with Gasteiger partial charge in [0.15, 0.2) is 0 Å². The van der Waals surface area contributed by atoms with E-state index in [-0.39, 0.29) is 12.0 Å². The van der Waals surface area contributed by atoms with Crippen LogP contribution in [0.2, 0.25) is 0 Å². The van der Waals surface area contributed by atoms with Crippen LogP contribution in [0.1, 0.15) is 38.8 Å². The second-order valence-electron chi connectivity index (χ2n) is 5.58. The number of thioether (sulfide) groups is 1. The van der Waals surface area contributed by atoms with Crippen LogP contribution in [-0.4, -0.2) is 23.5 Å². The third-order valence-electron chi connectivity index (χ3n) is 3.16. The van der Waals surface area contributed by atoms with Gasteiger partial charge in [0, 0.05) is 29.9 Å². The fourth-order valence-corrected chi connectivity index (χ4v) is 4.56. The molecule has 2 atom stereocenters. The molecule has 4 heteroatoms. The number of hydrogen-bond acceptors (Lipinski definition) is 4. The van der Waals surface area contributed by atoms with Gasteiger partial charge in [0.05, 0.1) is 4.21 Å². The minimum Gasteiger partial charge on any atom is -0.396 e. The maximum absolute atomic E-state index is 9.29. The minimum atomic E-state index is -0.0377. The first-order chi connectivity index (χ1) is 8.02. The molecule has 0 spiro atoms. The lowest BCUT2D eigenvalue weighted by Gasteiger charge is -2.31. The Balaban J connectivity index is 2.03. The molecule has 1 aliphatic heterocycles. The molecular formula is C13H21NOS2. The highest BCUT2D eigenvalue weighted by Gasteiger charge is 2.27. The summed E-state index contributed by atoms with van der Waals surface area (Å²) in [5.74, 6) is 0. The van der Waals surface area contributed by atoms with Gasteiger partial charge in [-0.05, 0) is 23.4 Å². The van der Waals surface area contributed by atoms with E-state index < -0.39 is 0 Å². The first-order valence-electron chi connectivity index (χ1n) is 6.10. The maximum Gasteiger partial charge on any atom is 0.0649 e. The number of nitrogens with one attached hydrogen (secondary N) is 1. The Morgan fingerprint density at radius 3 is 3.00 bits per heavy atom. The summed E-state index contributed by atoms with van der Waals surface area (Å²) in [5, 5.41) is 15.8. The van der Waals surface area contributed by atoms with Crippen LogP contribution in [0, 0.1) is 5.41 Å². The van der Waals surface area contributed by atoms with Crippen molar-refractivity contribution in [3.8, 4) is 0 Å². The Morgan fingerprint density at radius 2 is 2.29 bits per heavy atom. The lowest BCUT2D eigenvalue weighted by Crippen LogP contribution is -2.36. The molecule has 0 aliphatic carbocycles. The van der Waals surface area contributed by atoms with Gasteiger partial charge in [-0.15, -0.1) is 23.1 Å². The lowest BCUT2D eigenvalue weighted by molar-refractivity contribution is 0.152. The van der Waals surface area contributed by atoms with Crippen molar-refractivity contribution in [2.45, 2.75) is 42.7 Å². The Kier molecular flexibility index (Phi) is 4.18. The molecule has 17 heavy (non-hydrogen) atoms. The summed E-state index contributed by atoms with van der Waals surface area (Å²) in [5.41, 5.74) is 1.41. The maximum atomic E-state index is 9.29. The van der Waals surface area contributed by atoms with Crippen LogP contribution in [0.4, 0.5) is 0 Å². The fraction of sp³-hybridized carbons (Fsp3) is 0.692. The number of aliphatic hydroxyl groups is 1. The van der Waals surface area contributed by atoms with Crippen LogP contribution in [0.3, 0.4) is 0 Å². The molecule has 0 amide bonds. The van der Waals surface area contributed by atoms with Gasteiger partial charge in [0.1, 0.15) is 0 Å². The highest BCUT2D eigenvalue weighted by Crippen LogP contribution is 2.43. The molecule has 0 fully saturated rings. The van der Waals surface area contributed by atoms with E-state index in [1.165, 1.54) is 16.2 Å². The third-order valence-corrected chi connectivity index (χ3v) is 5.51. The summed E-state index contributed by atoms with van der Waals surface area (Å²) in [6, 6.07) is 2.70. The quantitative estimate of drug-likeness (QED) is 0.881. The monoisotopic (exact) mass is 271 g/mol. The number of aliphatic hydroxyl groups excluding tert-OH is 1. The van der Waals surface area contributed by atoms with Gasteiger partial charge in [-0.2, -0.15) is 0 Å². The summed E-state index contributed by atoms with van der Waals surface area (Å²) in [4.78, 5) is 0. The van der Waals surface area contributed by atoms with Crippen molar-refractivity contribution in [2.75, 3.05) is 13.2 Å². The highest BCUT2D eigenvalue weighted by atomic mass is 32.2. The summed E-state index contributed by atoms with van der Waals surface area (Å²) in [6.45, 7) is 7.57. The van der Waals surface area contributed by atoms with Gasteiger partial charge in [-0.25, -0.2) is 0 Å². The molecule has 96 valence electrons. The molecule has 2 rings (SSSR count). The smallest absolute Gasteiger partial charge is 0.0649 e. The molecule has 0 radical (unpaired) electrons. The van der Waals surface area contributed by atoms with E-state index in [4.69, 9.17) is 0 Å². The van der Waals surface area contributed by atoms with E-state index in [2.05, 4.69) is 37.5 Å². The Hall–Kier alpha value is -0.0300. The van der Waals surface area contributed by atoms with Gasteiger partial charge in [0.25, 0.3) is 0 Å². The van der Waals surface area contributed by atoms with Crippen molar-refractivity contribution in [1.29, 1.82) is 0 Å². The van der Waals surface area contributed by atoms with Gasteiger partial charge >= 0.3 is 0 Å². The van der Waals surface area contributed by atoms with Gasteiger partial charge < -0.3 is 10.4 Å². The summed E-state index contributed by atoms with van der Waals surface area (Å²) in [6.07, 6.45) is 1.18. The second kappa shape index (κ2) is 5.31. The topological polar surface area (TPSA) is 32.3 Å². The van der Waals surface area contributed by atoms with Gasteiger partial charge in [-0.1, -0.05) is 20.8 Å². The third kappa shape index (κ3) is 3.25. The Labute approximate surface area is 112 Å². The molecule has 2 nitrogen and oxygen atoms in total. The number of thiophene rings is 1. The molecule has 0 bridgehead atoms. The van der Waals surface area contributed by atoms with E-state index in [0.717, 1.165) is 6.54 Å². The SMILES string of the molecule is C[C@H]1CC(NCC(C)(C)CO)c2ccsc2S1. The van der Waals surface area contributed by atoms with Crippen molar-refractivity contribution in [3.63, 3.8) is 0 Å².